The Balaban J connectivity index is 2.23. The van der Waals surface area contributed by atoms with E-state index in [1.807, 2.05) is 30.3 Å². The van der Waals surface area contributed by atoms with Crippen molar-refractivity contribution in [3.05, 3.63) is 59.0 Å². The number of hydrogen-bond acceptors (Lipinski definition) is 2. The Morgan fingerprint density at radius 1 is 0.952 bits per heavy atom. The fourth-order valence-electron chi connectivity index (χ4n) is 2.30. The maximum atomic E-state index is 13.1. The fourth-order valence-corrected chi connectivity index (χ4v) is 3.38. The molecule has 3 aromatic rings. The quantitative estimate of drug-likeness (QED) is 0.579. The molecular weight excluding hydrogens is 297 g/mol. The van der Waals surface area contributed by atoms with Crippen LogP contribution in [0.25, 0.3) is 21.2 Å². The van der Waals surface area contributed by atoms with Crippen molar-refractivity contribution >= 4 is 27.7 Å². The molecule has 0 saturated carbocycles. The van der Waals surface area contributed by atoms with Gasteiger partial charge in [0, 0.05) is 10.1 Å². The summed E-state index contributed by atoms with van der Waals surface area (Å²) in [6, 6.07) is 14.2. The third-order valence-electron chi connectivity index (χ3n) is 3.21. The van der Waals surface area contributed by atoms with Gasteiger partial charge < -0.3 is 0 Å². The summed E-state index contributed by atoms with van der Waals surface area (Å²) < 4.78 is 39.7. The number of hydrogen-bond donors (Lipinski definition) is 0. The third kappa shape index (κ3) is 2.45. The first kappa shape index (κ1) is 13.8. The lowest BCUT2D eigenvalue weighted by Gasteiger charge is -2.06. The van der Waals surface area contributed by atoms with Gasteiger partial charge in [0.25, 0.3) is 0 Å². The van der Waals surface area contributed by atoms with Crippen molar-refractivity contribution < 1.29 is 18.0 Å². The first-order valence-electron chi connectivity index (χ1n) is 6.15. The second-order valence-electron chi connectivity index (χ2n) is 4.53. The molecule has 0 N–H and O–H groups in total. The molecule has 0 atom stereocenters. The van der Waals surface area contributed by atoms with Crippen molar-refractivity contribution in [3.63, 3.8) is 0 Å². The molecule has 0 bridgehead atoms. The lowest BCUT2D eigenvalue weighted by Crippen LogP contribution is -2.06. The van der Waals surface area contributed by atoms with Crippen molar-refractivity contribution in [2.24, 2.45) is 0 Å². The minimum Gasteiger partial charge on any atom is -0.297 e. The highest BCUT2D eigenvalue weighted by molar-refractivity contribution is 7.20. The van der Waals surface area contributed by atoms with Crippen LogP contribution in [0.3, 0.4) is 0 Å². The van der Waals surface area contributed by atoms with Crippen LogP contribution in [0.15, 0.2) is 48.5 Å². The summed E-state index contributed by atoms with van der Waals surface area (Å²) in [6.45, 7) is 0. The predicted octanol–water partition coefficient (Wildman–Crippen LogP) is 5.40. The van der Waals surface area contributed by atoms with E-state index in [4.69, 9.17) is 0 Å². The highest BCUT2D eigenvalue weighted by Gasteiger charge is 2.37. The number of halogens is 3. The topological polar surface area (TPSA) is 17.1 Å². The van der Waals surface area contributed by atoms with Gasteiger partial charge in [0.1, 0.15) is 0 Å². The average Bonchev–Trinajstić information content (AvgIpc) is 2.85. The summed E-state index contributed by atoms with van der Waals surface area (Å²) in [4.78, 5) is 10.6. The molecule has 0 aliphatic rings. The number of thiophene rings is 1. The normalized spacial score (nSPS) is 11.8. The van der Waals surface area contributed by atoms with Gasteiger partial charge in [0.2, 0.25) is 0 Å². The molecule has 1 aromatic heterocycles. The molecule has 21 heavy (non-hydrogen) atoms. The first-order valence-corrected chi connectivity index (χ1v) is 6.96. The van der Waals surface area contributed by atoms with E-state index in [9.17, 15) is 18.0 Å². The van der Waals surface area contributed by atoms with E-state index >= 15 is 0 Å². The second-order valence-corrected chi connectivity index (χ2v) is 5.62. The SMILES string of the molecule is O=Cc1sc2cc(-c3ccccc3)ccc2c1C(F)(F)F. The van der Waals surface area contributed by atoms with E-state index < -0.39 is 11.7 Å². The lowest BCUT2D eigenvalue weighted by molar-refractivity contribution is -0.136. The monoisotopic (exact) mass is 306 g/mol. The van der Waals surface area contributed by atoms with Crippen LogP contribution in [0.2, 0.25) is 0 Å². The second kappa shape index (κ2) is 5.00. The zero-order chi connectivity index (χ0) is 15.0. The Kier molecular flexibility index (Phi) is 3.29. The third-order valence-corrected chi connectivity index (χ3v) is 4.29. The van der Waals surface area contributed by atoms with Crippen LogP contribution in [0.5, 0.6) is 0 Å². The number of rotatable bonds is 2. The van der Waals surface area contributed by atoms with Crippen LogP contribution in [0.1, 0.15) is 15.2 Å². The summed E-state index contributed by atoms with van der Waals surface area (Å²) in [5.41, 5.74) is 0.918. The highest BCUT2D eigenvalue weighted by atomic mass is 32.1. The number of aldehydes is 1. The molecule has 0 radical (unpaired) electrons. The maximum absolute atomic E-state index is 13.1. The minimum absolute atomic E-state index is 0.0780. The van der Waals surface area contributed by atoms with E-state index in [0.29, 0.717) is 4.70 Å². The van der Waals surface area contributed by atoms with Gasteiger partial charge in [-0.25, -0.2) is 0 Å². The summed E-state index contributed by atoms with van der Waals surface area (Å²) in [6.07, 6.45) is -4.25. The van der Waals surface area contributed by atoms with E-state index in [0.717, 1.165) is 22.5 Å². The molecule has 106 valence electrons. The Labute approximate surface area is 122 Å². The van der Waals surface area contributed by atoms with E-state index in [1.54, 1.807) is 12.1 Å². The number of carbonyl (C=O) groups excluding carboxylic acids is 1. The maximum Gasteiger partial charge on any atom is 0.418 e. The van der Waals surface area contributed by atoms with Crippen LogP contribution in [-0.4, -0.2) is 6.29 Å². The molecule has 3 rings (SSSR count). The van der Waals surface area contributed by atoms with E-state index in [1.165, 1.54) is 6.07 Å². The van der Waals surface area contributed by atoms with Gasteiger partial charge >= 0.3 is 6.18 Å². The standard InChI is InChI=1S/C16H9F3OS/c17-16(18,19)15-12-7-6-11(10-4-2-1-3-5-10)8-13(12)21-14(15)9-20/h1-9H. The first-order chi connectivity index (χ1) is 10.0. The molecule has 0 amide bonds. The predicted molar refractivity (Wildman–Crippen MR) is 77.7 cm³/mol. The van der Waals surface area contributed by atoms with Crippen LogP contribution in [0, 0.1) is 0 Å². The van der Waals surface area contributed by atoms with Gasteiger partial charge in [-0.3, -0.25) is 4.79 Å². The summed E-state index contributed by atoms with van der Waals surface area (Å²) in [5, 5.41) is 0.0780. The summed E-state index contributed by atoms with van der Waals surface area (Å²) >= 11 is 0.872. The number of fused-ring (bicyclic) bond motifs is 1. The van der Waals surface area contributed by atoms with Crippen LogP contribution in [0.4, 0.5) is 13.2 Å². The highest BCUT2D eigenvalue weighted by Crippen LogP contribution is 2.42. The van der Waals surface area contributed by atoms with Gasteiger partial charge in [-0.15, -0.1) is 11.3 Å². The molecule has 0 fully saturated rings. The van der Waals surface area contributed by atoms with Crippen molar-refractivity contribution in [2.75, 3.05) is 0 Å². The fraction of sp³-hybridized carbons (Fsp3) is 0.0625. The summed E-state index contributed by atoms with van der Waals surface area (Å²) in [5.74, 6) is 0. The zero-order valence-electron chi connectivity index (χ0n) is 10.6. The molecule has 0 aliphatic heterocycles. The van der Waals surface area contributed by atoms with Gasteiger partial charge in [0.05, 0.1) is 10.4 Å². The Hall–Kier alpha value is -2.14. The zero-order valence-corrected chi connectivity index (χ0v) is 11.5. The number of benzene rings is 2. The number of carbonyl (C=O) groups is 1. The molecule has 1 nitrogen and oxygen atoms in total. The van der Waals surface area contributed by atoms with Crippen molar-refractivity contribution in [2.45, 2.75) is 6.18 Å². The number of alkyl halides is 3. The summed E-state index contributed by atoms with van der Waals surface area (Å²) in [7, 11) is 0. The molecule has 2 aromatic carbocycles. The molecular formula is C16H9F3OS. The molecule has 5 heteroatoms. The van der Waals surface area contributed by atoms with Gasteiger partial charge in [0.15, 0.2) is 6.29 Å². The largest absolute Gasteiger partial charge is 0.418 e. The van der Waals surface area contributed by atoms with Gasteiger partial charge in [-0.05, 0) is 17.2 Å². The van der Waals surface area contributed by atoms with Gasteiger partial charge in [-0.1, -0.05) is 42.5 Å². The molecule has 0 spiro atoms. The van der Waals surface area contributed by atoms with Gasteiger partial charge in [-0.2, -0.15) is 13.2 Å². The van der Waals surface area contributed by atoms with Crippen LogP contribution < -0.4 is 0 Å². The van der Waals surface area contributed by atoms with Crippen molar-refractivity contribution in [3.8, 4) is 11.1 Å². The average molecular weight is 306 g/mol. The molecule has 1 heterocycles. The Morgan fingerprint density at radius 3 is 2.29 bits per heavy atom. The lowest BCUT2D eigenvalue weighted by atomic mass is 10.0. The van der Waals surface area contributed by atoms with E-state index in [2.05, 4.69) is 0 Å². The van der Waals surface area contributed by atoms with Crippen molar-refractivity contribution in [1.82, 2.24) is 0 Å². The Bertz CT molecular complexity index is 803. The van der Waals surface area contributed by atoms with Crippen molar-refractivity contribution in [1.29, 1.82) is 0 Å². The Morgan fingerprint density at radius 2 is 1.67 bits per heavy atom. The molecule has 0 aliphatic carbocycles. The molecule has 0 saturated heterocycles. The van der Waals surface area contributed by atoms with Crippen LogP contribution in [-0.2, 0) is 6.18 Å². The molecule has 0 unspecified atom stereocenters. The van der Waals surface area contributed by atoms with E-state index in [-0.39, 0.29) is 16.5 Å². The minimum atomic E-state index is -4.53. The van der Waals surface area contributed by atoms with Crippen LogP contribution >= 0.6 is 11.3 Å². The smallest absolute Gasteiger partial charge is 0.297 e.